The van der Waals surface area contributed by atoms with Crippen molar-refractivity contribution in [3.05, 3.63) is 265 Å². The van der Waals surface area contributed by atoms with Crippen molar-refractivity contribution in [3.63, 3.8) is 0 Å². The maximum absolute atomic E-state index is 13.5. The molecule has 0 atom stereocenters. The normalized spacial score (nSPS) is 10.7. The summed E-state index contributed by atoms with van der Waals surface area (Å²) in [5.41, 5.74) is 15.5. The molecule has 5 aromatic heterocycles. The molecule has 0 spiro atoms. The average Bonchev–Trinajstić information content (AvgIpc) is 1.67. The molecule has 0 bridgehead atoms. The molecular formula is C83H74ClFN10O11. The molecule has 0 aliphatic carbocycles. The summed E-state index contributed by atoms with van der Waals surface area (Å²) in [5.74, 6) is -1.27. The third-order valence-electron chi connectivity index (χ3n) is 17.0. The van der Waals surface area contributed by atoms with E-state index in [4.69, 9.17) is 35.3 Å². The molecule has 5 heterocycles. The van der Waals surface area contributed by atoms with Gasteiger partial charge in [-0.2, -0.15) is 25.5 Å². The first-order valence-electron chi connectivity index (χ1n) is 33.4. The van der Waals surface area contributed by atoms with E-state index in [0.29, 0.717) is 21.6 Å². The Kier molecular flexibility index (Phi) is 24.3. The van der Waals surface area contributed by atoms with Gasteiger partial charge in [0.15, 0.2) is 0 Å². The van der Waals surface area contributed by atoms with E-state index >= 15 is 0 Å². The molecule has 0 saturated carbocycles. The molecule has 0 aliphatic heterocycles. The van der Waals surface area contributed by atoms with Crippen molar-refractivity contribution < 1.29 is 56.8 Å². The number of ether oxygens (including phenoxy) is 6. The zero-order valence-corrected chi connectivity index (χ0v) is 60.1. The Hall–Kier alpha value is -13.1. The lowest BCUT2D eigenvalue weighted by atomic mass is 10.1. The van der Waals surface area contributed by atoms with Crippen LogP contribution in [0.4, 0.5) is 4.39 Å². The van der Waals surface area contributed by atoms with Crippen LogP contribution in [0.3, 0.4) is 0 Å². The third-order valence-corrected chi connectivity index (χ3v) is 17.2. The van der Waals surface area contributed by atoms with Crippen LogP contribution in [0, 0.1) is 19.7 Å². The number of fused-ring (bicyclic) bond motifs is 5. The summed E-state index contributed by atoms with van der Waals surface area (Å²) in [6.45, 7) is 4.44. The second-order valence-electron chi connectivity index (χ2n) is 24.0. The Morgan fingerprint density at radius 3 is 0.953 bits per heavy atom. The van der Waals surface area contributed by atoms with E-state index in [1.807, 2.05) is 220 Å². The molecule has 21 nitrogen and oxygen atoms in total. The zero-order chi connectivity index (χ0) is 74.8. The van der Waals surface area contributed by atoms with Gasteiger partial charge in [0.2, 0.25) is 0 Å². The first kappa shape index (κ1) is 74.1. The maximum Gasteiger partial charge on any atom is 0.327 e. The number of hydrogen-bond donors (Lipinski definition) is 0. The number of aryl methyl sites for hydroxylation is 2. The summed E-state index contributed by atoms with van der Waals surface area (Å²) in [6, 6.07) is 76.9. The van der Waals surface area contributed by atoms with Gasteiger partial charge in [0.25, 0.3) is 0 Å². The topological polar surface area (TPSA) is 230 Å². The summed E-state index contributed by atoms with van der Waals surface area (Å²) in [5, 5.41) is 28.0. The van der Waals surface area contributed by atoms with Crippen LogP contribution in [0.25, 0.3) is 111 Å². The van der Waals surface area contributed by atoms with Gasteiger partial charge in [-0.1, -0.05) is 187 Å². The summed E-state index contributed by atoms with van der Waals surface area (Å²) < 4.78 is 50.7. The Morgan fingerprint density at radius 1 is 0.311 bits per heavy atom. The number of carbonyl (C=O) groups excluding carboxylic acids is 5. The summed E-state index contributed by atoms with van der Waals surface area (Å²) in [4.78, 5) is 57.7. The highest BCUT2D eigenvalue weighted by Crippen LogP contribution is 2.35. The summed E-state index contributed by atoms with van der Waals surface area (Å²) in [6.07, 6.45) is 0. The molecule has 0 radical (unpaired) electrons. The molecule has 10 aromatic carbocycles. The van der Waals surface area contributed by atoms with E-state index in [0.717, 1.165) is 111 Å². The van der Waals surface area contributed by atoms with Crippen LogP contribution in [-0.4, -0.2) is 121 Å². The van der Waals surface area contributed by atoms with Crippen LogP contribution < -0.4 is 4.74 Å². The standard InChI is InChI=1S/C17H16N2O3.2C17H16N2O2.C16H13ClN2O2.C16H13FN2O2/c1-21-13-8-9-15-14(10-13)17(12-6-4-3-5-7-12)18-19(15)11-16(20)22-2;1-12-8-9-15-14(10-12)17(13-6-4-3-5-7-13)18-19(15)11-16(20)21-2;1-12-8-9-14-15(10-12)19(11-16(20)21-2)18-17(14)13-6-4-3-5-7-13;2*1-21-15(20)10-19-14-8-7-12(17)9-13(14)16(18-19)11-5-3-2-4-6-11/h3-10H,11H2,1-2H3;2*3-10H,11H2,1-2H3;2*2-9H,10H2,1H3. The SMILES string of the molecule is COC(=O)Cn1nc(-c2ccccc2)c2cc(C)ccc21.COC(=O)Cn1nc(-c2ccccc2)c2cc(Cl)ccc21.COC(=O)Cn1nc(-c2ccccc2)c2cc(F)ccc21.COC(=O)Cn1nc(-c2ccccc2)c2cc(OC)ccc21.COC(=O)Cn1nc(-c2ccccc2)c2ccc(C)cc21. The van der Waals surface area contributed by atoms with Gasteiger partial charge in [-0.25, -0.2) is 4.39 Å². The lowest BCUT2D eigenvalue weighted by Gasteiger charge is -2.02. The van der Waals surface area contributed by atoms with Crippen LogP contribution >= 0.6 is 11.6 Å². The summed E-state index contributed by atoms with van der Waals surface area (Å²) >= 11 is 6.09. The largest absolute Gasteiger partial charge is 0.497 e. The van der Waals surface area contributed by atoms with Crippen molar-refractivity contribution in [1.82, 2.24) is 48.9 Å². The van der Waals surface area contributed by atoms with Crippen molar-refractivity contribution in [2.24, 2.45) is 0 Å². The molecule has 15 aromatic rings. The molecule has 23 heteroatoms. The van der Waals surface area contributed by atoms with E-state index in [2.05, 4.69) is 42.4 Å². The van der Waals surface area contributed by atoms with Crippen LogP contribution in [-0.2, 0) is 80.4 Å². The number of carbonyl (C=O) groups is 5. The van der Waals surface area contributed by atoms with Crippen LogP contribution in [0.2, 0.25) is 5.02 Å². The first-order valence-corrected chi connectivity index (χ1v) is 33.8. The minimum absolute atomic E-state index is 0.00847. The van der Waals surface area contributed by atoms with Gasteiger partial charge in [0.05, 0.1) is 70.2 Å². The molecule has 15 rings (SSSR count). The number of benzene rings is 10. The van der Waals surface area contributed by atoms with Crippen LogP contribution in [0.1, 0.15) is 11.1 Å². The molecule has 0 aliphatic rings. The van der Waals surface area contributed by atoms with Gasteiger partial charge in [-0.3, -0.25) is 47.4 Å². The van der Waals surface area contributed by atoms with Crippen LogP contribution in [0.15, 0.2) is 243 Å². The minimum Gasteiger partial charge on any atom is -0.497 e. The predicted molar refractivity (Wildman–Crippen MR) is 407 cm³/mol. The van der Waals surface area contributed by atoms with Crippen LogP contribution in [0.5, 0.6) is 5.75 Å². The Bertz CT molecular complexity index is 5260. The van der Waals surface area contributed by atoms with E-state index < -0.39 is 5.97 Å². The van der Waals surface area contributed by atoms with Gasteiger partial charge in [0, 0.05) is 59.8 Å². The quantitative estimate of drug-likeness (QED) is 0.0647. The zero-order valence-electron chi connectivity index (χ0n) is 59.3. The van der Waals surface area contributed by atoms with E-state index in [9.17, 15) is 28.4 Å². The molecule has 536 valence electrons. The average molecular weight is 1440 g/mol. The van der Waals surface area contributed by atoms with E-state index in [1.54, 1.807) is 38.0 Å². The second-order valence-corrected chi connectivity index (χ2v) is 24.4. The molecule has 106 heavy (non-hydrogen) atoms. The fourth-order valence-corrected chi connectivity index (χ4v) is 11.9. The first-order chi connectivity index (χ1) is 51.5. The van der Waals surface area contributed by atoms with Crippen molar-refractivity contribution in [3.8, 4) is 62.0 Å². The maximum atomic E-state index is 13.5. The predicted octanol–water partition coefficient (Wildman–Crippen LogP) is 15.8. The minimum atomic E-state index is -0.400. The number of methoxy groups -OCH3 is 6. The Morgan fingerprint density at radius 2 is 0.594 bits per heavy atom. The molecular weight excluding hydrogens is 1370 g/mol. The molecule has 0 N–H and O–H groups in total. The van der Waals surface area contributed by atoms with Gasteiger partial charge >= 0.3 is 29.8 Å². The summed E-state index contributed by atoms with van der Waals surface area (Å²) in [7, 11) is 8.46. The Balaban J connectivity index is 0.000000132. The number of nitrogens with zero attached hydrogens (tertiary/aromatic N) is 10. The monoisotopic (exact) mass is 1440 g/mol. The van der Waals surface area contributed by atoms with E-state index in [1.165, 1.54) is 52.4 Å². The van der Waals surface area contributed by atoms with Crippen molar-refractivity contribution in [1.29, 1.82) is 0 Å². The molecule has 0 saturated heterocycles. The number of esters is 5. The number of aromatic nitrogens is 10. The van der Waals surface area contributed by atoms with Gasteiger partial charge < -0.3 is 28.4 Å². The lowest BCUT2D eigenvalue weighted by Crippen LogP contribution is -2.12. The molecule has 0 amide bonds. The van der Waals surface area contributed by atoms with Crippen molar-refractivity contribution in [2.45, 2.75) is 46.6 Å². The van der Waals surface area contributed by atoms with Crippen molar-refractivity contribution in [2.75, 3.05) is 42.7 Å². The van der Waals surface area contributed by atoms with Gasteiger partial charge in [-0.05, 0) is 92.2 Å². The number of hydrogen-bond acceptors (Lipinski definition) is 16. The van der Waals surface area contributed by atoms with Crippen molar-refractivity contribution >= 4 is 96.0 Å². The highest BCUT2D eigenvalue weighted by molar-refractivity contribution is 6.31. The molecule has 0 fully saturated rings. The fraction of sp³-hybridized carbons (Fsp3) is 0.157. The highest BCUT2D eigenvalue weighted by atomic mass is 35.5. The fourth-order valence-electron chi connectivity index (χ4n) is 11.7. The number of halogens is 2. The molecule has 0 unspecified atom stereocenters. The van der Waals surface area contributed by atoms with E-state index in [-0.39, 0.29) is 62.4 Å². The van der Waals surface area contributed by atoms with Gasteiger partial charge in [-0.15, -0.1) is 0 Å². The smallest absolute Gasteiger partial charge is 0.327 e. The highest BCUT2D eigenvalue weighted by Gasteiger charge is 2.21. The third kappa shape index (κ3) is 17.7. The Labute approximate surface area is 614 Å². The van der Waals surface area contributed by atoms with Gasteiger partial charge in [0.1, 0.15) is 72.8 Å². The second kappa shape index (κ2) is 34.7. The number of rotatable bonds is 16. The lowest BCUT2D eigenvalue weighted by molar-refractivity contribution is -0.142.